The van der Waals surface area contributed by atoms with Gasteiger partial charge in [-0.05, 0) is 42.5 Å². The number of hydrogen-bond acceptors (Lipinski definition) is 4. The van der Waals surface area contributed by atoms with Crippen molar-refractivity contribution < 1.29 is 4.79 Å². The molecule has 0 unspecified atom stereocenters. The van der Waals surface area contributed by atoms with Crippen LogP contribution >= 0.6 is 0 Å². The number of tetrazole rings is 1. The summed E-state index contributed by atoms with van der Waals surface area (Å²) in [6.45, 7) is 6.56. The highest BCUT2D eigenvalue weighted by molar-refractivity contribution is 5.84. The molecule has 0 radical (unpaired) electrons. The number of aromatic nitrogens is 4. The van der Waals surface area contributed by atoms with E-state index in [1.54, 1.807) is 11.0 Å². The zero-order valence-electron chi connectivity index (χ0n) is 14.1. The highest BCUT2D eigenvalue weighted by Crippen LogP contribution is 2.34. The van der Waals surface area contributed by atoms with Crippen molar-refractivity contribution >= 4 is 5.91 Å². The number of nitrogens with one attached hydrogen (secondary N) is 1. The van der Waals surface area contributed by atoms with Gasteiger partial charge in [-0.15, -0.1) is 5.10 Å². The molecule has 0 aromatic carbocycles. The fraction of sp³-hybridized carbons (Fsp3) is 0.875. The number of nitrogens with zero attached hydrogens (tertiary/aromatic N) is 4. The van der Waals surface area contributed by atoms with Gasteiger partial charge in [0.1, 0.15) is 11.9 Å². The first-order valence-electron chi connectivity index (χ1n) is 8.59. The van der Waals surface area contributed by atoms with Crippen molar-refractivity contribution in [3.05, 3.63) is 6.33 Å². The molecule has 1 heterocycles. The van der Waals surface area contributed by atoms with E-state index in [1.807, 2.05) is 0 Å². The first-order chi connectivity index (χ1) is 10.5. The van der Waals surface area contributed by atoms with Gasteiger partial charge in [0.15, 0.2) is 0 Å². The lowest BCUT2D eigenvalue weighted by Crippen LogP contribution is -2.52. The Morgan fingerprint density at radius 2 is 1.95 bits per heavy atom. The third kappa shape index (κ3) is 4.05. The van der Waals surface area contributed by atoms with Crippen LogP contribution in [0.5, 0.6) is 0 Å². The van der Waals surface area contributed by atoms with Crippen molar-refractivity contribution in [3.63, 3.8) is 0 Å². The third-order valence-electron chi connectivity index (χ3n) is 4.69. The van der Waals surface area contributed by atoms with Crippen molar-refractivity contribution in [2.24, 2.45) is 5.92 Å². The van der Waals surface area contributed by atoms with Gasteiger partial charge in [0.05, 0.1) is 0 Å². The number of rotatable bonds is 7. The molecule has 124 valence electrons. The Labute approximate surface area is 133 Å². The average Bonchev–Trinajstić information content (AvgIpc) is 3.02. The summed E-state index contributed by atoms with van der Waals surface area (Å²) in [5.74, 6) is 0.797. The summed E-state index contributed by atoms with van der Waals surface area (Å²) < 4.78 is 1.67. The van der Waals surface area contributed by atoms with E-state index >= 15 is 0 Å². The molecular weight excluding hydrogens is 278 g/mol. The Morgan fingerprint density at radius 1 is 1.23 bits per heavy atom. The minimum Gasteiger partial charge on any atom is -0.352 e. The zero-order chi connectivity index (χ0) is 16.0. The molecule has 1 fully saturated rings. The molecule has 1 saturated carbocycles. The molecule has 1 amide bonds. The van der Waals surface area contributed by atoms with Crippen molar-refractivity contribution in [1.29, 1.82) is 0 Å². The number of carbonyl (C=O) groups excluding carboxylic acids is 1. The van der Waals surface area contributed by atoms with Crippen molar-refractivity contribution in [2.75, 3.05) is 0 Å². The van der Waals surface area contributed by atoms with Crippen LogP contribution in [0.3, 0.4) is 0 Å². The summed E-state index contributed by atoms with van der Waals surface area (Å²) in [7, 11) is 0. The van der Waals surface area contributed by atoms with E-state index in [9.17, 15) is 4.79 Å². The minimum atomic E-state index is -0.589. The van der Waals surface area contributed by atoms with Gasteiger partial charge in [0.2, 0.25) is 5.91 Å². The van der Waals surface area contributed by atoms with Crippen molar-refractivity contribution in [3.8, 4) is 0 Å². The first-order valence-corrected chi connectivity index (χ1v) is 8.59. The molecule has 22 heavy (non-hydrogen) atoms. The molecule has 0 bridgehead atoms. The van der Waals surface area contributed by atoms with Crippen LogP contribution in [0.25, 0.3) is 0 Å². The average molecular weight is 307 g/mol. The maximum atomic E-state index is 12.9. The summed E-state index contributed by atoms with van der Waals surface area (Å²) in [6.07, 6.45) is 9.88. The monoisotopic (exact) mass is 307 g/mol. The van der Waals surface area contributed by atoms with Gasteiger partial charge in [0.25, 0.3) is 0 Å². The largest absolute Gasteiger partial charge is 0.352 e. The molecule has 1 aliphatic rings. The third-order valence-corrected chi connectivity index (χ3v) is 4.69. The van der Waals surface area contributed by atoms with Crippen molar-refractivity contribution in [1.82, 2.24) is 25.5 Å². The Balaban J connectivity index is 1.98. The van der Waals surface area contributed by atoms with Gasteiger partial charge in [0, 0.05) is 6.04 Å². The lowest BCUT2D eigenvalue weighted by molar-refractivity contribution is -0.133. The number of hydrogen-bond donors (Lipinski definition) is 1. The van der Waals surface area contributed by atoms with Gasteiger partial charge >= 0.3 is 0 Å². The minimum absolute atomic E-state index is 0.0801. The van der Waals surface area contributed by atoms with E-state index in [2.05, 4.69) is 41.6 Å². The molecule has 1 aliphatic carbocycles. The predicted octanol–water partition coefficient (Wildman–Crippen LogP) is 2.66. The van der Waals surface area contributed by atoms with Gasteiger partial charge in [-0.1, -0.05) is 46.0 Å². The fourth-order valence-electron chi connectivity index (χ4n) is 3.32. The van der Waals surface area contributed by atoms with Gasteiger partial charge in [-0.2, -0.15) is 0 Å². The van der Waals surface area contributed by atoms with Crippen LogP contribution in [0.15, 0.2) is 6.33 Å². The Bertz CT molecular complexity index is 451. The lowest BCUT2D eigenvalue weighted by atomic mass is 9.80. The summed E-state index contributed by atoms with van der Waals surface area (Å²) in [5.41, 5.74) is -0.589. The summed E-state index contributed by atoms with van der Waals surface area (Å²) in [6, 6.07) is 0.196. The highest BCUT2D eigenvalue weighted by atomic mass is 16.2. The molecule has 2 rings (SSSR count). The quantitative estimate of drug-likeness (QED) is 0.840. The van der Waals surface area contributed by atoms with Crippen LogP contribution < -0.4 is 5.32 Å². The van der Waals surface area contributed by atoms with Gasteiger partial charge in [-0.25, -0.2) is 4.68 Å². The molecule has 0 aliphatic heterocycles. The van der Waals surface area contributed by atoms with E-state index in [0.29, 0.717) is 5.92 Å². The second-order valence-corrected chi connectivity index (χ2v) is 7.05. The molecule has 1 N–H and O–H groups in total. The van der Waals surface area contributed by atoms with E-state index in [1.165, 1.54) is 12.8 Å². The fourth-order valence-corrected chi connectivity index (χ4v) is 3.32. The van der Waals surface area contributed by atoms with Crippen LogP contribution in [0.1, 0.15) is 72.1 Å². The highest BCUT2D eigenvalue weighted by Gasteiger charge is 2.42. The number of carbonyl (C=O) groups is 1. The SMILES string of the molecule is CC(C)CCC[C@@H](C)NC(=O)C1(n2cnnn2)CCCCC1. The first kappa shape index (κ1) is 16.9. The van der Waals surface area contributed by atoms with Crippen LogP contribution in [0.2, 0.25) is 0 Å². The van der Waals surface area contributed by atoms with Crippen LogP contribution in [0, 0.1) is 5.92 Å². The smallest absolute Gasteiger partial charge is 0.248 e. The topological polar surface area (TPSA) is 72.7 Å². The second-order valence-electron chi connectivity index (χ2n) is 7.05. The summed E-state index contributed by atoms with van der Waals surface area (Å²) in [5, 5.41) is 14.7. The second kappa shape index (κ2) is 7.70. The molecule has 6 heteroatoms. The molecular formula is C16H29N5O. The van der Waals surface area contributed by atoms with Crippen molar-refractivity contribution in [2.45, 2.75) is 83.7 Å². The summed E-state index contributed by atoms with van der Waals surface area (Å²) in [4.78, 5) is 12.9. The van der Waals surface area contributed by atoms with Gasteiger partial charge < -0.3 is 5.32 Å². The van der Waals surface area contributed by atoms with E-state index in [4.69, 9.17) is 0 Å². The maximum Gasteiger partial charge on any atom is 0.248 e. The molecule has 6 nitrogen and oxygen atoms in total. The Kier molecular flexibility index (Phi) is 5.91. The number of amides is 1. The maximum absolute atomic E-state index is 12.9. The van der Waals surface area contributed by atoms with Crippen LogP contribution in [0.4, 0.5) is 0 Å². The zero-order valence-corrected chi connectivity index (χ0v) is 14.1. The Hall–Kier alpha value is -1.46. The van der Waals surface area contributed by atoms with E-state index in [0.717, 1.165) is 38.5 Å². The Morgan fingerprint density at radius 3 is 2.55 bits per heavy atom. The normalized spacial score (nSPS) is 19.1. The lowest BCUT2D eigenvalue weighted by Gasteiger charge is -2.36. The molecule has 1 atom stereocenters. The standard InChI is InChI=1S/C16H29N5O/c1-13(2)8-7-9-14(3)18-15(22)16(10-5-4-6-11-16)21-12-17-19-20-21/h12-14H,4-11H2,1-3H3,(H,18,22)/t14-/m1/s1. The van der Waals surface area contributed by atoms with Crippen LogP contribution in [-0.4, -0.2) is 32.2 Å². The van der Waals surface area contributed by atoms with E-state index in [-0.39, 0.29) is 11.9 Å². The van der Waals surface area contributed by atoms with Crippen LogP contribution in [-0.2, 0) is 10.3 Å². The molecule has 1 aromatic rings. The molecule has 0 saturated heterocycles. The molecule has 1 aromatic heterocycles. The predicted molar refractivity (Wildman–Crippen MR) is 85.2 cm³/mol. The van der Waals surface area contributed by atoms with E-state index < -0.39 is 5.54 Å². The summed E-state index contributed by atoms with van der Waals surface area (Å²) >= 11 is 0. The molecule has 0 spiro atoms. The van der Waals surface area contributed by atoms with Gasteiger partial charge in [-0.3, -0.25) is 4.79 Å².